The number of anilines is 1. The summed E-state index contributed by atoms with van der Waals surface area (Å²) in [5, 5.41) is 17.8. The number of carboxylic acid groups (broad SMARTS) is 1. The maximum atomic E-state index is 14.0. The molecule has 40 heavy (non-hydrogen) atoms. The van der Waals surface area contributed by atoms with Crippen LogP contribution in [0.25, 0.3) is 32.9 Å². The van der Waals surface area contributed by atoms with E-state index in [1.807, 2.05) is 18.2 Å². The molecule has 0 bridgehead atoms. The highest BCUT2D eigenvalue weighted by Gasteiger charge is 2.26. The van der Waals surface area contributed by atoms with Crippen LogP contribution in [0.2, 0.25) is 5.02 Å². The Kier molecular flexibility index (Phi) is 7.06. The summed E-state index contributed by atoms with van der Waals surface area (Å²) < 4.78 is 55.9. The van der Waals surface area contributed by atoms with Crippen molar-refractivity contribution in [2.24, 2.45) is 7.05 Å². The standard InChI is InChI=1S/C27H22ClF2N5O4S/c1-35-25-18(7-8-20(28)23(25)26(33-35)34-40(2,38)39)19-12-15-5-3-4-6-21(15)31-24(19)22(32-27(36)37)11-14-9-16(29)13-17(30)10-14/h3-10,12-13,22,32H,11H2,1-2H3,(H,33,34)(H,36,37). The maximum Gasteiger partial charge on any atom is 0.405 e. The number of carbonyl (C=O) groups is 1. The number of hydrogen-bond donors (Lipinski definition) is 3. The summed E-state index contributed by atoms with van der Waals surface area (Å²) in [5.74, 6) is -1.57. The van der Waals surface area contributed by atoms with Crippen molar-refractivity contribution < 1.29 is 27.1 Å². The number of sulfonamides is 1. The first kappa shape index (κ1) is 27.3. The van der Waals surface area contributed by atoms with Crippen LogP contribution in [0, 0.1) is 11.6 Å². The van der Waals surface area contributed by atoms with Crippen LogP contribution in [-0.4, -0.2) is 40.6 Å². The zero-order valence-electron chi connectivity index (χ0n) is 21.1. The van der Waals surface area contributed by atoms with Crippen molar-refractivity contribution in [3.63, 3.8) is 0 Å². The van der Waals surface area contributed by atoms with Gasteiger partial charge >= 0.3 is 6.09 Å². The Morgan fingerprint density at radius 2 is 1.77 bits per heavy atom. The highest BCUT2D eigenvalue weighted by Crippen LogP contribution is 2.40. The summed E-state index contributed by atoms with van der Waals surface area (Å²) in [7, 11) is -2.07. The second-order valence-electron chi connectivity index (χ2n) is 9.26. The van der Waals surface area contributed by atoms with Gasteiger partial charge in [-0.3, -0.25) is 9.40 Å². The normalized spacial score (nSPS) is 12.5. The molecule has 13 heteroatoms. The molecule has 0 saturated carbocycles. The molecule has 0 saturated heterocycles. The zero-order valence-corrected chi connectivity index (χ0v) is 22.7. The van der Waals surface area contributed by atoms with E-state index in [-0.39, 0.29) is 28.5 Å². The van der Waals surface area contributed by atoms with E-state index >= 15 is 0 Å². The van der Waals surface area contributed by atoms with E-state index in [0.717, 1.165) is 29.8 Å². The predicted molar refractivity (Wildman–Crippen MR) is 149 cm³/mol. The molecule has 9 nitrogen and oxygen atoms in total. The summed E-state index contributed by atoms with van der Waals surface area (Å²) in [6.45, 7) is 0. The van der Waals surface area contributed by atoms with E-state index in [9.17, 15) is 27.1 Å². The van der Waals surface area contributed by atoms with Crippen molar-refractivity contribution in [3.05, 3.63) is 88.6 Å². The van der Waals surface area contributed by atoms with Gasteiger partial charge in [-0.2, -0.15) is 5.10 Å². The predicted octanol–water partition coefficient (Wildman–Crippen LogP) is 5.64. The molecule has 2 heterocycles. The summed E-state index contributed by atoms with van der Waals surface area (Å²) in [5.41, 5.74) is 2.56. The molecule has 0 radical (unpaired) electrons. The lowest BCUT2D eigenvalue weighted by molar-refractivity contribution is 0.189. The summed E-state index contributed by atoms with van der Waals surface area (Å²) in [6.07, 6.45) is -0.472. The number of pyridine rings is 1. The molecule has 206 valence electrons. The Hall–Kier alpha value is -4.29. The average molecular weight is 586 g/mol. The van der Waals surface area contributed by atoms with E-state index in [4.69, 9.17) is 16.6 Å². The number of aromatic nitrogens is 3. The van der Waals surface area contributed by atoms with Crippen LogP contribution in [0.1, 0.15) is 17.3 Å². The number of benzene rings is 3. The van der Waals surface area contributed by atoms with Crippen molar-refractivity contribution in [3.8, 4) is 11.1 Å². The second-order valence-corrected chi connectivity index (χ2v) is 11.4. The molecule has 0 aliphatic carbocycles. The Bertz CT molecular complexity index is 1890. The van der Waals surface area contributed by atoms with E-state index in [1.54, 1.807) is 31.3 Å². The van der Waals surface area contributed by atoms with Gasteiger partial charge in [0, 0.05) is 29.6 Å². The van der Waals surface area contributed by atoms with Gasteiger partial charge in [0.2, 0.25) is 10.0 Å². The third kappa shape index (κ3) is 5.54. The van der Waals surface area contributed by atoms with Gasteiger partial charge in [0.25, 0.3) is 0 Å². The highest BCUT2D eigenvalue weighted by atomic mass is 35.5. The monoisotopic (exact) mass is 585 g/mol. The maximum absolute atomic E-state index is 14.0. The number of aryl methyl sites for hydroxylation is 1. The number of amides is 1. The van der Waals surface area contributed by atoms with Crippen molar-refractivity contribution in [2.75, 3.05) is 11.0 Å². The Labute approximate surface area is 232 Å². The third-order valence-electron chi connectivity index (χ3n) is 6.25. The highest BCUT2D eigenvalue weighted by molar-refractivity contribution is 7.92. The molecule has 1 atom stereocenters. The van der Waals surface area contributed by atoms with Gasteiger partial charge in [-0.15, -0.1) is 0 Å². The SMILES string of the molecule is Cn1nc(NS(C)(=O)=O)c2c(Cl)ccc(-c3cc4ccccc4nc3C(Cc3cc(F)cc(F)c3)NC(=O)O)c21. The van der Waals surface area contributed by atoms with Crippen molar-refractivity contribution in [2.45, 2.75) is 12.5 Å². The minimum Gasteiger partial charge on any atom is -0.465 e. The van der Waals surface area contributed by atoms with Gasteiger partial charge < -0.3 is 10.4 Å². The van der Waals surface area contributed by atoms with E-state index in [1.165, 1.54) is 4.68 Å². The first-order valence-electron chi connectivity index (χ1n) is 11.9. The molecule has 3 N–H and O–H groups in total. The van der Waals surface area contributed by atoms with Crippen LogP contribution in [0.4, 0.5) is 19.4 Å². The molecule has 1 unspecified atom stereocenters. The minimum atomic E-state index is -3.69. The lowest BCUT2D eigenvalue weighted by Gasteiger charge is -2.21. The first-order valence-corrected chi connectivity index (χ1v) is 14.1. The van der Waals surface area contributed by atoms with Gasteiger partial charge in [-0.1, -0.05) is 35.9 Å². The van der Waals surface area contributed by atoms with Gasteiger partial charge in [-0.05, 0) is 42.3 Å². The molecule has 2 aromatic heterocycles. The Balaban J connectivity index is 1.79. The summed E-state index contributed by atoms with van der Waals surface area (Å²) in [4.78, 5) is 16.7. The van der Waals surface area contributed by atoms with E-state index < -0.39 is 33.8 Å². The molecule has 0 spiro atoms. The Morgan fingerprint density at radius 3 is 2.45 bits per heavy atom. The fraction of sp³-hybridized carbons (Fsp3) is 0.148. The number of nitrogens with one attached hydrogen (secondary N) is 2. The fourth-order valence-corrected chi connectivity index (χ4v) is 5.52. The minimum absolute atomic E-state index is 0.0256. The van der Waals surface area contributed by atoms with Crippen LogP contribution < -0.4 is 10.0 Å². The fourth-order valence-electron chi connectivity index (χ4n) is 4.78. The van der Waals surface area contributed by atoms with Gasteiger partial charge in [0.05, 0.1) is 39.4 Å². The quantitative estimate of drug-likeness (QED) is 0.227. The number of para-hydroxylation sites is 1. The summed E-state index contributed by atoms with van der Waals surface area (Å²) >= 11 is 6.50. The summed E-state index contributed by atoms with van der Waals surface area (Å²) in [6, 6.07) is 14.3. The smallest absolute Gasteiger partial charge is 0.405 e. The molecular formula is C27H22ClF2N5O4S. The van der Waals surface area contributed by atoms with Gasteiger partial charge in [-0.25, -0.2) is 27.0 Å². The molecular weight excluding hydrogens is 564 g/mol. The van der Waals surface area contributed by atoms with Crippen LogP contribution in [-0.2, 0) is 23.5 Å². The van der Waals surface area contributed by atoms with Crippen molar-refractivity contribution in [1.29, 1.82) is 0 Å². The molecule has 0 aliphatic heterocycles. The van der Waals surface area contributed by atoms with E-state index in [0.29, 0.717) is 27.5 Å². The molecule has 3 aromatic carbocycles. The van der Waals surface area contributed by atoms with Gasteiger partial charge in [0.15, 0.2) is 5.82 Å². The number of nitrogens with zero attached hydrogens (tertiary/aromatic N) is 3. The lowest BCUT2D eigenvalue weighted by atomic mass is 9.93. The van der Waals surface area contributed by atoms with Crippen molar-refractivity contribution in [1.82, 2.24) is 20.1 Å². The largest absolute Gasteiger partial charge is 0.465 e. The van der Waals surface area contributed by atoms with E-state index in [2.05, 4.69) is 15.1 Å². The molecule has 5 rings (SSSR count). The number of rotatable bonds is 7. The Morgan fingerprint density at radius 1 is 1.07 bits per heavy atom. The average Bonchev–Trinajstić information content (AvgIpc) is 3.17. The number of halogens is 3. The van der Waals surface area contributed by atoms with Crippen LogP contribution in [0.5, 0.6) is 0 Å². The third-order valence-corrected chi connectivity index (χ3v) is 7.13. The first-order chi connectivity index (χ1) is 18.9. The molecule has 0 aliphatic rings. The van der Waals surface area contributed by atoms with Crippen LogP contribution in [0.15, 0.2) is 60.7 Å². The van der Waals surface area contributed by atoms with Crippen LogP contribution in [0.3, 0.4) is 0 Å². The number of fused-ring (bicyclic) bond motifs is 2. The second kappa shape index (κ2) is 10.4. The lowest BCUT2D eigenvalue weighted by Crippen LogP contribution is -2.29. The van der Waals surface area contributed by atoms with Crippen LogP contribution >= 0.6 is 11.6 Å². The topological polar surface area (TPSA) is 126 Å². The molecule has 0 fully saturated rings. The number of hydrogen-bond acceptors (Lipinski definition) is 5. The molecule has 1 amide bonds. The zero-order chi connectivity index (χ0) is 28.8. The molecule has 5 aromatic rings. The van der Waals surface area contributed by atoms with Gasteiger partial charge in [0.1, 0.15) is 11.6 Å². The van der Waals surface area contributed by atoms with Crippen molar-refractivity contribution >= 4 is 55.3 Å².